The number of hydrogen-bond donors (Lipinski definition) is 0. The van der Waals surface area contributed by atoms with Crippen molar-refractivity contribution in [1.29, 1.82) is 0 Å². The fourth-order valence-electron chi connectivity index (χ4n) is 5.69. The van der Waals surface area contributed by atoms with Crippen LogP contribution in [0, 0.1) is 0 Å². The second kappa shape index (κ2) is 7.06. The molecule has 2 aromatic carbocycles. The van der Waals surface area contributed by atoms with Crippen molar-refractivity contribution in [3.63, 3.8) is 0 Å². The Bertz CT molecular complexity index is 1380. The van der Waals surface area contributed by atoms with Crippen LogP contribution in [0.5, 0.6) is 0 Å². The lowest BCUT2D eigenvalue weighted by Crippen LogP contribution is -2.27. The highest BCUT2D eigenvalue weighted by atomic mass is 79.9. The van der Waals surface area contributed by atoms with Crippen LogP contribution in [0.1, 0.15) is 35.7 Å². The van der Waals surface area contributed by atoms with Crippen LogP contribution in [0.25, 0.3) is 17.0 Å². The minimum atomic E-state index is 0.211. The number of fused-ring (bicyclic) bond motifs is 5. The minimum Gasteiger partial charge on any atom is -0.373 e. The van der Waals surface area contributed by atoms with Gasteiger partial charge >= 0.3 is 0 Å². The molecule has 1 aromatic heterocycles. The Kier molecular flexibility index (Phi) is 4.11. The molecule has 0 bridgehead atoms. The molecule has 158 valence electrons. The molecule has 0 amide bonds. The highest BCUT2D eigenvalue weighted by Gasteiger charge is 2.43. The van der Waals surface area contributed by atoms with Crippen molar-refractivity contribution in [1.82, 2.24) is 9.47 Å². The summed E-state index contributed by atoms with van der Waals surface area (Å²) in [7, 11) is 0. The molecule has 2 aliphatic heterocycles. The molecule has 4 aliphatic rings. The number of hydrogen-bond acceptors (Lipinski definition) is 3. The molecule has 0 radical (unpaired) electrons. The Labute approximate surface area is 195 Å². The zero-order chi connectivity index (χ0) is 21.2. The van der Waals surface area contributed by atoms with E-state index in [0.717, 1.165) is 17.3 Å². The average molecular weight is 484 g/mol. The molecule has 3 aromatic rings. The van der Waals surface area contributed by atoms with Crippen LogP contribution in [0.4, 0.5) is 0 Å². The summed E-state index contributed by atoms with van der Waals surface area (Å²) < 4.78 is 9.74. The van der Waals surface area contributed by atoms with Gasteiger partial charge in [-0.1, -0.05) is 60.7 Å². The number of aromatic nitrogens is 1. The van der Waals surface area contributed by atoms with Crippen LogP contribution < -0.4 is 0 Å². The first-order valence-electron chi connectivity index (χ1n) is 11.2. The van der Waals surface area contributed by atoms with Gasteiger partial charge in [-0.25, -0.2) is 0 Å². The number of rotatable bonds is 3. The SMILES string of the molecule is Brc1cccc2c3c4n(c12)C=NCN1C2=CCC(OCc5ccccc5)CC2=C(C=C3)C41. The lowest BCUT2D eigenvalue weighted by atomic mass is 9.89. The van der Waals surface area contributed by atoms with Gasteiger partial charge < -0.3 is 14.2 Å². The third kappa shape index (κ3) is 2.61. The van der Waals surface area contributed by atoms with Crippen molar-refractivity contribution in [2.45, 2.75) is 31.6 Å². The number of allylic oxidation sites excluding steroid dienone is 1. The summed E-state index contributed by atoms with van der Waals surface area (Å²) in [5.41, 5.74) is 9.24. The van der Waals surface area contributed by atoms with E-state index >= 15 is 0 Å². The summed E-state index contributed by atoms with van der Waals surface area (Å²) in [6.07, 6.45) is 11.1. The van der Waals surface area contributed by atoms with E-state index in [1.165, 1.54) is 44.6 Å². The third-order valence-electron chi connectivity index (χ3n) is 7.08. The van der Waals surface area contributed by atoms with Crippen molar-refractivity contribution in [2.75, 3.05) is 6.67 Å². The van der Waals surface area contributed by atoms with E-state index in [0.29, 0.717) is 13.3 Å². The largest absolute Gasteiger partial charge is 0.373 e. The number of para-hydroxylation sites is 1. The molecule has 0 spiro atoms. The lowest BCUT2D eigenvalue weighted by molar-refractivity contribution is 0.0404. The molecule has 2 unspecified atom stereocenters. The normalized spacial score (nSPS) is 22.8. The molecule has 0 fully saturated rings. The number of aliphatic imine (C=N–C) groups is 1. The first-order chi connectivity index (χ1) is 15.8. The maximum absolute atomic E-state index is 6.33. The molecule has 4 nitrogen and oxygen atoms in total. The van der Waals surface area contributed by atoms with Crippen LogP contribution in [-0.4, -0.2) is 28.6 Å². The van der Waals surface area contributed by atoms with Gasteiger partial charge in [-0.2, -0.15) is 0 Å². The minimum absolute atomic E-state index is 0.211. The summed E-state index contributed by atoms with van der Waals surface area (Å²) in [5, 5.41) is 1.27. The van der Waals surface area contributed by atoms with Gasteiger partial charge in [0.15, 0.2) is 0 Å². The molecule has 32 heavy (non-hydrogen) atoms. The van der Waals surface area contributed by atoms with Gasteiger partial charge in [-0.05, 0) is 45.1 Å². The molecule has 2 atom stereocenters. The van der Waals surface area contributed by atoms with Gasteiger partial charge in [0.1, 0.15) is 6.67 Å². The first-order valence-corrected chi connectivity index (χ1v) is 11.9. The quantitative estimate of drug-likeness (QED) is 0.444. The summed E-state index contributed by atoms with van der Waals surface area (Å²) >= 11 is 3.78. The molecule has 2 aliphatic carbocycles. The predicted octanol–water partition coefficient (Wildman–Crippen LogP) is 6.19. The van der Waals surface area contributed by atoms with Crippen LogP contribution in [-0.2, 0) is 11.3 Å². The Morgan fingerprint density at radius 2 is 1.97 bits per heavy atom. The molecule has 7 rings (SSSR count). The maximum Gasteiger partial charge on any atom is 0.112 e. The van der Waals surface area contributed by atoms with Crippen LogP contribution in [0.15, 0.2) is 87.0 Å². The van der Waals surface area contributed by atoms with Crippen molar-refractivity contribution < 1.29 is 4.74 Å². The summed E-state index contributed by atoms with van der Waals surface area (Å²) in [4.78, 5) is 7.30. The van der Waals surface area contributed by atoms with Gasteiger partial charge in [-0.3, -0.25) is 4.99 Å². The second-order valence-electron chi connectivity index (χ2n) is 8.83. The van der Waals surface area contributed by atoms with Crippen LogP contribution >= 0.6 is 15.9 Å². The smallest absolute Gasteiger partial charge is 0.112 e. The Hall–Kier alpha value is -2.89. The number of nitrogens with zero attached hydrogens (tertiary/aromatic N) is 3. The van der Waals surface area contributed by atoms with Gasteiger partial charge in [0.05, 0.1) is 36.3 Å². The first kappa shape index (κ1) is 18.7. The van der Waals surface area contributed by atoms with E-state index in [4.69, 9.17) is 9.73 Å². The van der Waals surface area contributed by atoms with Gasteiger partial charge in [0.2, 0.25) is 0 Å². The van der Waals surface area contributed by atoms with Gasteiger partial charge in [-0.15, -0.1) is 0 Å². The molecule has 0 N–H and O–H groups in total. The highest BCUT2D eigenvalue weighted by Crippen LogP contribution is 2.52. The van der Waals surface area contributed by atoms with Crippen LogP contribution in [0.3, 0.4) is 0 Å². The molecule has 3 heterocycles. The van der Waals surface area contributed by atoms with Crippen molar-refractivity contribution >= 4 is 39.2 Å². The maximum atomic E-state index is 6.33. The van der Waals surface area contributed by atoms with Gasteiger partial charge in [0.25, 0.3) is 0 Å². The molecule has 0 saturated carbocycles. The number of ether oxygens (including phenoxy) is 1. The fourth-order valence-corrected chi connectivity index (χ4v) is 6.25. The summed E-state index contributed by atoms with van der Waals surface area (Å²) in [6.45, 7) is 1.34. The van der Waals surface area contributed by atoms with E-state index < -0.39 is 0 Å². The van der Waals surface area contributed by atoms with Crippen molar-refractivity contribution in [2.24, 2.45) is 4.99 Å². The third-order valence-corrected chi connectivity index (χ3v) is 7.72. The Morgan fingerprint density at radius 3 is 2.88 bits per heavy atom. The lowest BCUT2D eigenvalue weighted by Gasteiger charge is -2.30. The van der Waals surface area contributed by atoms with E-state index in [9.17, 15) is 0 Å². The van der Waals surface area contributed by atoms with E-state index in [1.807, 2.05) is 12.4 Å². The van der Waals surface area contributed by atoms with E-state index in [-0.39, 0.29) is 12.1 Å². The second-order valence-corrected chi connectivity index (χ2v) is 9.69. The highest BCUT2D eigenvalue weighted by molar-refractivity contribution is 9.10. The Balaban J connectivity index is 1.30. The molecule has 5 heteroatoms. The topological polar surface area (TPSA) is 29.8 Å². The number of benzene rings is 2. The van der Waals surface area contributed by atoms with Crippen molar-refractivity contribution in [3.8, 4) is 0 Å². The molecular formula is C27H22BrN3O. The summed E-state index contributed by atoms with van der Waals surface area (Å²) in [6, 6.07) is 17.1. The summed E-state index contributed by atoms with van der Waals surface area (Å²) in [5.74, 6) is 0. The van der Waals surface area contributed by atoms with Crippen molar-refractivity contribution in [3.05, 3.63) is 98.8 Å². The van der Waals surface area contributed by atoms with Gasteiger partial charge in [0, 0.05) is 27.5 Å². The van der Waals surface area contributed by atoms with Crippen LogP contribution in [0.2, 0.25) is 0 Å². The molecular weight excluding hydrogens is 462 g/mol. The molecule has 0 saturated heterocycles. The average Bonchev–Trinajstić information content (AvgIpc) is 3.24. The van der Waals surface area contributed by atoms with E-state index in [1.54, 1.807) is 0 Å². The monoisotopic (exact) mass is 483 g/mol. The zero-order valence-electron chi connectivity index (χ0n) is 17.5. The van der Waals surface area contributed by atoms with E-state index in [2.05, 4.69) is 86.1 Å². The zero-order valence-corrected chi connectivity index (χ0v) is 19.1. The standard InChI is InChI=1S/C27H22BrN3O/c28-23-8-4-7-19-20-10-11-21-22-13-18(32-14-17-5-2-1-3-6-17)9-12-24(22)30-15-29-16-31(25(19)23)27(20)26(21)30/h1-8,10-12,16,18,26H,9,13-15H2. The fraction of sp³-hybridized carbons (Fsp3) is 0.222. The predicted molar refractivity (Wildman–Crippen MR) is 131 cm³/mol. The number of halogens is 1. The Morgan fingerprint density at radius 1 is 1.06 bits per heavy atom.